The highest BCUT2D eigenvalue weighted by Crippen LogP contribution is 2.02. The molecule has 0 aliphatic carbocycles. The molecule has 0 radical (unpaired) electrons. The van der Waals surface area contributed by atoms with E-state index in [4.69, 9.17) is 9.47 Å². The summed E-state index contributed by atoms with van der Waals surface area (Å²) in [7, 11) is 2.87. The molecular formula is C12H14O3. The highest BCUT2D eigenvalue weighted by Gasteiger charge is 2.12. The lowest BCUT2D eigenvalue weighted by molar-refractivity contribution is -0.151. The molecule has 15 heavy (non-hydrogen) atoms. The second-order valence-corrected chi connectivity index (χ2v) is 2.95. The lowest BCUT2D eigenvalue weighted by Gasteiger charge is -2.08. The number of methoxy groups -OCH3 is 2. The quantitative estimate of drug-likeness (QED) is 0.545. The number of ketones is 1. The highest BCUT2D eigenvalue weighted by molar-refractivity contribution is 5.96. The monoisotopic (exact) mass is 206 g/mol. The Balaban J connectivity index is 2.62. The molecule has 0 unspecified atom stereocenters. The first kappa shape index (κ1) is 11.6. The van der Waals surface area contributed by atoms with E-state index in [0.717, 1.165) is 5.56 Å². The molecule has 0 fully saturated rings. The van der Waals surface area contributed by atoms with Crippen LogP contribution in [-0.4, -0.2) is 26.3 Å². The largest absolute Gasteiger partial charge is 0.349 e. The minimum absolute atomic E-state index is 0.205. The van der Waals surface area contributed by atoms with Crippen LogP contribution in [0.2, 0.25) is 0 Å². The number of carbonyl (C=O) groups excluding carboxylic acids is 1. The van der Waals surface area contributed by atoms with Crippen molar-refractivity contribution >= 4 is 11.9 Å². The molecule has 1 rings (SSSR count). The fourth-order valence-electron chi connectivity index (χ4n) is 1.15. The summed E-state index contributed by atoms with van der Waals surface area (Å²) in [6.45, 7) is 0. The van der Waals surface area contributed by atoms with Crippen LogP contribution in [0.4, 0.5) is 0 Å². The van der Waals surface area contributed by atoms with E-state index < -0.39 is 6.29 Å². The maximum Gasteiger partial charge on any atom is 0.221 e. The normalized spacial score (nSPS) is 11.1. The van der Waals surface area contributed by atoms with Crippen molar-refractivity contribution in [3.63, 3.8) is 0 Å². The molecule has 0 aliphatic rings. The summed E-state index contributed by atoms with van der Waals surface area (Å²) in [6.07, 6.45) is 2.37. The van der Waals surface area contributed by atoms with Crippen molar-refractivity contribution in [2.45, 2.75) is 6.29 Å². The Hall–Kier alpha value is -1.45. The number of ether oxygens (including phenoxy) is 2. The van der Waals surface area contributed by atoms with Crippen LogP contribution in [0, 0.1) is 0 Å². The molecule has 0 spiro atoms. The van der Waals surface area contributed by atoms with E-state index in [-0.39, 0.29) is 5.78 Å². The maximum atomic E-state index is 11.4. The van der Waals surface area contributed by atoms with Crippen LogP contribution in [0.15, 0.2) is 36.4 Å². The molecule has 0 aromatic heterocycles. The summed E-state index contributed by atoms with van der Waals surface area (Å²) in [5.74, 6) is -0.205. The SMILES string of the molecule is COC(OC)C(=O)C=Cc1ccccc1. The summed E-state index contributed by atoms with van der Waals surface area (Å²) in [6, 6.07) is 9.58. The van der Waals surface area contributed by atoms with Gasteiger partial charge in [-0.05, 0) is 11.6 Å². The predicted molar refractivity (Wildman–Crippen MR) is 58.3 cm³/mol. The van der Waals surface area contributed by atoms with E-state index in [1.54, 1.807) is 6.08 Å². The van der Waals surface area contributed by atoms with E-state index in [9.17, 15) is 4.79 Å². The van der Waals surface area contributed by atoms with E-state index in [1.807, 2.05) is 30.3 Å². The standard InChI is InChI=1S/C12H14O3/c1-14-12(15-2)11(13)9-8-10-6-4-3-5-7-10/h3-9,12H,1-2H3. The molecule has 0 bridgehead atoms. The van der Waals surface area contributed by atoms with Crippen molar-refractivity contribution in [3.05, 3.63) is 42.0 Å². The Morgan fingerprint density at radius 2 is 1.80 bits per heavy atom. The number of carbonyl (C=O) groups is 1. The van der Waals surface area contributed by atoms with Crippen LogP contribution >= 0.6 is 0 Å². The molecule has 0 atom stereocenters. The molecule has 0 amide bonds. The van der Waals surface area contributed by atoms with Crippen molar-refractivity contribution in [2.24, 2.45) is 0 Å². The highest BCUT2D eigenvalue weighted by atomic mass is 16.7. The molecule has 0 saturated carbocycles. The predicted octanol–water partition coefficient (Wildman–Crippen LogP) is 1.89. The van der Waals surface area contributed by atoms with E-state index in [2.05, 4.69) is 0 Å². The van der Waals surface area contributed by atoms with Gasteiger partial charge in [0.2, 0.25) is 12.1 Å². The van der Waals surface area contributed by atoms with Gasteiger partial charge in [-0.2, -0.15) is 0 Å². The number of hydrogen-bond acceptors (Lipinski definition) is 3. The Bertz CT molecular complexity index is 326. The summed E-state index contributed by atoms with van der Waals surface area (Å²) in [5, 5.41) is 0. The van der Waals surface area contributed by atoms with Gasteiger partial charge in [0.05, 0.1) is 0 Å². The molecule has 0 N–H and O–H groups in total. The minimum Gasteiger partial charge on any atom is -0.349 e. The lowest BCUT2D eigenvalue weighted by atomic mass is 10.2. The Kier molecular flexibility index (Phi) is 4.74. The zero-order chi connectivity index (χ0) is 11.1. The second kappa shape index (κ2) is 6.11. The number of benzene rings is 1. The van der Waals surface area contributed by atoms with Crippen molar-refractivity contribution in [1.82, 2.24) is 0 Å². The minimum atomic E-state index is -0.815. The van der Waals surface area contributed by atoms with E-state index in [1.165, 1.54) is 20.3 Å². The van der Waals surface area contributed by atoms with Gasteiger partial charge in [-0.3, -0.25) is 4.79 Å². The van der Waals surface area contributed by atoms with Crippen molar-refractivity contribution < 1.29 is 14.3 Å². The number of hydrogen-bond donors (Lipinski definition) is 0. The van der Waals surface area contributed by atoms with Crippen LogP contribution in [0.25, 0.3) is 6.08 Å². The Morgan fingerprint density at radius 1 is 1.20 bits per heavy atom. The zero-order valence-corrected chi connectivity index (χ0v) is 8.84. The first-order valence-electron chi connectivity index (χ1n) is 4.60. The first-order chi connectivity index (χ1) is 7.27. The van der Waals surface area contributed by atoms with Crippen molar-refractivity contribution in [1.29, 1.82) is 0 Å². The zero-order valence-electron chi connectivity index (χ0n) is 8.84. The second-order valence-electron chi connectivity index (χ2n) is 2.95. The van der Waals surface area contributed by atoms with E-state index in [0.29, 0.717) is 0 Å². The smallest absolute Gasteiger partial charge is 0.221 e. The average Bonchev–Trinajstić information content (AvgIpc) is 2.29. The fraction of sp³-hybridized carbons (Fsp3) is 0.250. The molecule has 3 nitrogen and oxygen atoms in total. The van der Waals surface area contributed by atoms with Gasteiger partial charge in [-0.25, -0.2) is 0 Å². The van der Waals surface area contributed by atoms with Gasteiger partial charge in [-0.15, -0.1) is 0 Å². The summed E-state index contributed by atoms with van der Waals surface area (Å²) >= 11 is 0. The molecule has 3 heteroatoms. The van der Waals surface area contributed by atoms with Gasteiger partial charge in [0.15, 0.2) is 0 Å². The van der Waals surface area contributed by atoms with Crippen molar-refractivity contribution in [3.8, 4) is 0 Å². The van der Waals surface area contributed by atoms with Crippen molar-refractivity contribution in [2.75, 3.05) is 14.2 Å². The fourth-order valence-corrected chi connectivity index (χ4v) is 1.15. The summed E-state index contributed by atoms with van der Waals surface area (Å²) in [4.78, 5) is 11.4. The van der Waals surface area contributed by atoms with Crippen LogP contribution in [0.5, 0.6) is 0 Å². The molecular weight excluding hydrogens is 192 g/mol. The van der Waals surface area contributed by atoms with Crippen LogP contribution in [0.3, 0.4) is 0 Å². The summed E-state index contributed by atoms with van der Waals surface area (Å²) in [5.41, 5.74) is 0.969. The third-order valence-corrected chi connectivity index (χ3v) is 1.90. The number of rotatable bonds is 5. The van der Waals surface area contributed by atoms with E-state index >= 15 is 0 Å². The van der Waals surface area contributed by atoms with Gasteiger partial charge in [0.1, 0.15) is 0 Å². The van der Waals surface area contributed by atoms with Gasteiger partial charge in [-0.1, -0.05) is 36.4 Å². The lowest BCUT2D eigenvalue weighted by Crippen LogP contribution is -2.22. The van der Waals surface area contributed by atoms with Gasteiger partial charge in [0.25, 0.3) is 0 Å². The van der Waals surface area contributed by atoms with Gasteiger partial charge < -0.3 is 9.47 Å². The molecule has 0 heterocycles. The molecule has 80 valence electrons. The topological polar surface area (TPSA) is 35.5 Å². The Morgan fingerprint density at radius 3 is 2.33 bits per heavy atom. The average molecular weight is 206 g/mol. The van der Waals surface area contributed by atoms with Gasteiger partial charge in [0, 0.05) is 14.2 Å². The molecule has 0 saturated heterocycles. The third-order valence-electron chi connectivity index (χ3n) is 1.90. The molecule has 1 aromatic carbocycles. The van der Waals surface area contributed by atoms with Crippen LogP contribution < -0.4 is 0 Å². The van der Waals surface area contributed by atoms with Gasteiger partial charge >= 0.3 is 0 Å². The third kappa shape index (κ3) is 3.65. The summed E-state index contributed by atoms with van der Waals surface area (Å²) < 4.78 is 9.65. The van der Waals surface area contributed by atoms with Crippen LogP contribution in [0.1, 0.15) is 5.56 Å². The first-order valence-corrected chi connectivity index (χ1v) is 4.60. The molecule has 1 aromatic rings. The molecule has 0 aliphatic heterocycles. The maximum absolute atomic E-state index is 11.4. The Labute approximate surface area is 89.3 Å². The van der Waals surface area contributed by atoms with Crippen LogP contribution in [-0.2, 0) is 14.3 Å².